The number of carbonyl (C=O) groups excluding carboxylic acids is 1. The Kier molecular flexibility index (Phi) is 3.33. The molecule has 2 N–H and O–H groups in total. The Balaban J connectivity index is 2.13. The summed E-state index contributed by atoms with van der Waals surface area (Å²) in [6.07, 6.45) is 0.933. The van der Waals surface area contributed by atoms with E-state index in [-0.39, 0.29) is 18.6 Å². The number of benzene rings is 1. The number of ether oxygens (including phenoxy) is 1. The average Bonchev–Trinajstić information content (AvgIpc) is 2.71. The molecule has 0 unspecified atom stereocenters. The predicted octanol–water partition coefficient (Wildman–Crippen LogP) is 1.58. The van der Waals surface area contributed by atoms with Crippen LogP contribution in [0.4, 0.5) is 11.4 Å². The average molecular weight is 234 g/mol. The van der Waals surface area contributed by atoms with Gasteiger partial charge in [0.1, 0.15) is 6.61 Å². The van der Waals surface area contributed by atoms with Gasteiger partial charge in [-0.25, -0.2) is 0 Å². The second-order valence-electron chi connectivity index (χ2n) is 4.51. The zero-order chi connectivity index (χ0) is 12.4. The molecule has 4 heteroatoms. The van der Waals surface area contributed by atoms with E-state index in [4.69, 9.17) is 10.5 Å². The first-order chi connectivity index (χ1) is 8.09. The van der Waals surface area contributed by atoms with Crippen molar-refractivity contribution in [2.45, 2.75) is 26.4 Å². The van der Waals surface area contributed by atoms with Crippen molar-refractivity contribution in [3.63, 3.8) is 0 Å². The summed E-state index contributed by atoms with van der Waals surface area (Å²) < 4.78 is 5.34. The van der Waals surface area contributed by atoms with Crippen molar-refractivity contribution in [2.24, 2.45) is 0 Å². The zero-order valence-corrected chi connectivity index (χ0v) is 10.3. The van der Waals surface area contributed by atoms with Crippen LogP contribution in [0.1, 0.15) is 19.4 Å². The Bertz CT molecular complexity index is 429. The van der Waals surface area contributed by atoms with E-state index in [0.29, 0.717) is 12.2 Å². The second-order valence-corrected chi connectivity index (χ2v) is 4.51. The van der Waals surface area contributed by atoms with Crippen molar-refractivity contribution in [3.05, 3.63) is 23.8 Å². The van der Waals surface area contributed by atoms with Gasteiger partial charge in [0.05, 0.1) is 17.5 Å². The second kappa shape index (κ2) is 4.75. The lowest BCUT2D eigenvalue weighted by Gasteiger charge is -2.19. The zero-order valence-electron chi connectivity index (χ0n) is 10.3. The number of hydrogen-bond donors (Lipinski definition) is 1. The van der Waals surface area contributed by atoms with Gasteiger partial charge in [-0.15, -0.1) is 0 Å². The molecular formula is C13H18N2O2. The van der Waals surface area contributed by atoms with Crippen LogP contribution in [0.15, 0.2) is 18.2 Å². The molecule has 1 aromatic rings. The molecule has 0 saturated carbocycles. The molecule has 0 saturated heterocycles. The number of nitrogens with zero attached hydrogens (tertiary/aromatic N) is 1. The summed E-state index contributed by atoms with van der Waals surface area (Å²) in [6, 6.07) is 5.77. The highest BCUT2D eigenvalue weighted by atomic mass is 16.5. The fourth-order valence-corrected chi connectivity index (χ4v) is 2.05. The van der Waals surface area contributed by atoms with Gasteiger partial charge in [0.15, 0.2) is 0 Å². The first kappa shape index (κ1) is 11.9. The lowest BCUT2D eigenvalue weighted by atomic mass is 10.1. The van der Waals surface area contributed by atoms with Crippen molar-refractivity contribution >= 4 is 17.3 Å². The molecule has 0 atom stereocenters. The Morgan fingerprint density at radius 3 is 3.00 bits per heavy atom. The molecule has 0 fully saturated rings. The topological polar surface area (TPSA) is 55.6 Å². The molecular weight excluding hydrogens is 216 g/mol. The van der Waals surface area contributed by atoms with Crippen LogP contribution in [0.3, 0.4) is 0 Å². The fraction of sp³-hybridized carbons (Fsp3) is 0.462. The minimum Gasteiger partial charge on any atom is -0.397 e. The number of para-hydroxylation sites is 1. The van der Waals surface area contributed by atoms with Gasteiger partial charge in [0.25, 0.3) is 5.91 Å². The molecule has 1 aromatic carbocycles. The van der Waals surface area contributed by atoms with Crippen molar-refractivity contribution in [3.8, 4) is 0 Å². The van der Waals surface area contributed by atoms with E-state index < -0.39 is 0 Å². The molecule has 1 aliphatic heterocycles. The SMILES string of the molecule is CC(C)OCC(=O)N1CCc2cccc(N)c21. The lowest BCUT2D eigenvalue weighted by Crippen LogP contribution is -2.33. The normalized spacial score (nSPS) is 14.2. The van der Waals surface area contributed by atoms with Gasteiger partial charge in [-0.05, 0) is 31.9 Å². The van der Waals surface area contributed by atoms with Crippen molar-refractivity contribution in [1.82, 2.24) is 0 Å². The summed E-state index contributed by atoms with van der Waals surface area (Å²) in [6.45, 7) is 4.65. The maximum Gasteiger partial charge on any atom is 0.253 e. The van der Waals surface area contributed by atoms with Gasteiger partial charge in [0.2, 0.25) is 0 Å². The van der Waals surface area contributed by atoms with E-state index in [2.05, 4.69) is 0 Å². The number of nitrogen functional groups attached to an aromatic ring is 1. The number of nitrogens with two attached hydrogens (primary N) is 1. The van der Waals surface area contributed by atoms with Crippen LogP contribution in [-0.4, -0.2) is 25.2 Å². The summed E-state index contributed by atoms with van der Waals surface area (Å²) in [5.74, 6) is -0.0182. The van der Waals surface area contributed by atoms with Crippen LogP contribution >= 0.6 is 0 Å². The van der Waals surface area contributed by atoms with Crippen molar-refractivity contribution in [2.75, 3.05) is 23.8 Å². The molecule has 0 aliphatic carbocycles. The Labute approximate surface area is 101 Å². The summed E-state index contributed by atoms with van der Waals surface area (Å²) >= 11 is 0. The van der Waals surface area contributed by atoms with Crippen LogP contribution in [0.25, 0.3) is 0 Å². The third-order valence-corrected chi connectivity index (χ3v) is 2.87. The van der Waals surface area contributed by atoms with Crippen LogP contribution < -0.4 is 10.6 Å². The number of amides is 1. The molecule has 2 rings (SSSR count). The molecule has 4 nitrogen and oxygen atoms in total. The number of hydrogen-bond acceptors (Lipinski definition) is 3. The maximum atomic E-state index is 12.0. The van der Waals surface area contributed by atoms with Crippen molar-refractivity contribution in [1.29, 1.82) is 0 Å². The fourth-order valence-electron chi connectivity index (χ4n) is 2.05. The number of fused-ring (bicyclic) bond motifs is 1. The highest BCUT2D eigenvalue weighted by molar-refractivity contribution is 5.99. The van der Waals surface area contributed by atoms with Gasteiger partial charge in [-0.3, -0.25) is 4.79 Å². The highest BCUT2D eigenvalue weighted by Crippen LogP contribution is 2.33. The van der Waals surface area contributed by atoms with Crippen LogP contribution in [0.5, 0.6) is 0 Å². The van der Waals surface area contributed by atoms with Gasteiger partial charge in [-0.2, -0.15) is 0 Å². The minimum absolute atomic E-state index is 0.0182. The maximum absolute atomic E-state index is 12.0. The van der Waals surface area contributed by atoms with E-state index in [0.717, 1.165) is 17.7 Å². The molecule has 0 aromatic heterocycles. The predicted molar refractivity (Wildman–Crippen MR) is 68.0 cm³/mol. The first-order valence-corrected chi connectivity index (χ1v) is 5.89. The van der Waals surface area contributed by atoms with E-state index in [9.17, 15) is 4.79 Å². The largest absolute Gasteiger partial charge is 0.397 e. The molecule has 1 amide bonds. The third-order valence-electron chi connectivity index (χ3n) is 2.87. The summed E-state index contributed by atoms with van der Waals surface area (Å²) in [5.41, 5.74) is 8.59. The van der Waals surface area contributed by atoms with Gasteiger partial charge in [-0.1, -0.05) is 12.1 Å². The van der Waals surface area contributed by atoms with Gasteiger partial charge >= 0.3 is 0 Å². The number of anilines is 2. The molecule has 17 heavy (non-hydrogen) atoms. The Morgan fingerprint density at radius 1 is 1.53 bits per heavy atom. The number of rotatable bonds is 3. The summed E-state index contributed by atoms with van der Waals surface area (Å²) in [4.78, 5) is 13.7. The van der Waals surface area contributed by atoms with Gasteiger partial charge in [0, 0.05) is 6.54 Å². The van der Waals surface area contributed by atoms with E-state index in [1.165, 1.54) is 0 Å². The summed E-state index contributed by atoms with van der Waals surface area (Å²) in [5, 5.41) is 0. The first-order valence-electron chi connectivity index (χ1n) is 5.89. The van der Waals surface area contributed by atoms with Crippen LogP contribution in [0.2, 0.25) is 0 Å². The quantitative estimate of drug-likeness (QED) is 0.808. The molecule has 1 heterocycles. The van der Waals surface area contributed by atoms with E-state index >= 15 is 0 Å². The Hall–Kier alpha value is -1.55. The highest BCUT2D eigenvalue weighted by Gasteiger charge is 2.26. The standard InChI is InChI=1S/C13H18N2O2/c1-9(2)17-8-12(16)15-7-6-10-4-3-5-11(14)13(10)15/h3-5,9H,6-8,14H2,1-2H3. The molecule has 0 bridgehead atoms. The molecule has 1 aliphatic rings. The monoisotopic (exact) mass is 234 g/mol. The van der Waals surface area contributed by atoms with Crippen molar-refractivity contribution < 1.29 is 9.53 Å². The van der Waals surface area contributed by atoms with E-state index in [1.807, 2.05) is 32.0 Å². The lowest BCUT2D eigenvalue weighted by molar-refractivity contribution is -0.124. The van der Waals surface area contributed by atoms with E-state index in [1.54, 1.807) is 4.90 Å². The molecule has 0 spiro atoms. The minimum atomic E-state index is -0.0182. The summed E-state index contributed by atoms with van der Waals surface area (Å²) in [7, 11) is 0. The Morgan fingerprint density at radius 2 is 2.29 bits per heavy atom. The number of carbonyl (C=O) groups is 1. The van der Waals surface area contributed by atoms with Crippen LogP contribution in [0, 0.1) is 0 Å². The third kappa shape index (κ3) is 2.42. The molecule has 92 valence electrons. The van der Waals surface area contributed by atoms with Crippen LogP contribution in [-0.2, 0) is 16.0 Å². The smallest absolute Gasteiger partial charge is 0.253 e. The van der Waals surface area contributed by atoms with Gasteiger partial charge < -0.3 is 15.4 Å². The molecule has 0 radical (unpaired) electrons.